The molecule has 1 saturated carbocycles. The average molecular weight is 190 g/mol. The van der Waals surface area contributed by atoms with Crippen LogP contribution in [0.25, 0.3) is 0 Å². The van der Waals surface area contributed by atoms with Crippen molar-refractivity contribution in [3.05, 3.63) is 24.4 Å². The standard InChI is InChI=1S/C12H18N2/c1-10-6-2-3-7-11(10)14-12-8-4-5-9-13-12/h4-5,8-11H,2-3,6-7H2,1H3,(H,13,14)/t10-,11-/m1/s1. The zero-order chi connectivity index (χ0) is 9.80. The molecule has 0 unspecified atom stereocenters. The number of nitrogens with one attached hydrogen (secondary N) is 1. The van der Waals surface area contributed by atoms with Crippen LogP contribution in [0.15, 0.2) is 24.4 Å². The predicted octanol–water partition coefficient (Wildman–Crippen LogP) is 3.07. The van der Waals surface area contributed by atoms with Crippen molar-refractivity contribution in [2.75, 3.05) is 5.32 Å². The van der Waals surface area contributed by atoms with Crippen molar-refractivity contribution in [2.24, 2.45) is 5.92 Å². The molecule has 0 aliphatic heterocycles. The van der Waals surface area contributed by atoms with Crippen molar-refractivity contribution < 1.29 is 0 Å². The SMILES string of the molecule is C[C@@H]1CCCC[C@H]1Nc1ccccn1. The van der Waals surface area contributed by atoms with Crippen molar-refractivity contribution in [2.45, 2.75) is 38.6 Å². The summed E-state index contributed by atoms with van der Waals surface area (Å²) in [5.74, 6) is 1.80. The van der Waals surface area contributed by atoms with Crippen LogP contribution in [-0.2, 0) is 0 Å². The summed E-state index contributed by atoms with van der Waals surface area (Å²) in [6.45, 7) is 2.33. The number of pyridine rings is 1. The van der Waals surface area contributed by atoms with Crippen LogP contribution >= 0.6 is 0 Å². The van der Waals surface area contributed by atoms with E-state index in [4.69, 9.17) is 0 Å². The molecule has 0 spiro atoms. The minimum absolute atomic E-state index is 0.624. The molecular weight excluding hydrogens is 172 g/mol. The van der Waals surface area contributed by atoms with E-state index < -0.39 is 0 Å². The van der Waals surface area contributed by atoms with Gasteiger partial charge in [0, 0.05) is 12.2 Å². The summed E-state index contributed by atoms with van der Waals surface area (Å²) in [5.41, 5.74) is 0. The maximum absolute atomic E-state index is 4.30. The molecule has 0 bridgehead atoms. The Morgan fingerprint density at radius 2 is 2.14 bits per heavy atom. The lowest BCUT2D eigenvalue weighted by Gasteiger charge is -2.29. The molecule has 0 radical (unpaired) electrons. The summed E-state index contributed by atoms with van der Waals surface area (Å²) < 4.78 is 0. The monoisotopic (exact) mass is 190 g/mol. The van der Waals surface area contributed by atoms with Gasteiger partial charge < -0.3 is 5.32 Å². The van der Waals surface area contributed by atoms with E-state index in [1.807, 2.05) is 24.4 Å². The molecular formula is C12H18N2. The summed E-state index contributed by atoms with van der Waals surface area (Å²) in [4.78, 5) is 4.30. The third-order valence-electron chi connectivity index (χ3n) is 3.11. The Balaban J connectivity index is 1.96. The summed E-state index contributed by atoms with van der Waals surface area (Å²) in [5, 5.41) is 3.52. The maximum atomic E-state index is 4.30. The summed E-state index contributed by atoms with van der Waals surface area (Å²) in [6.07, 6.45) is 7.23. The van der Waals surface area contributed by atoms with Crippen LogP contribution in [0.2, 0.25) is 0 Å². The number of nitrogens with zero attached hydrogens (tertiary/aromatic N) is 1. The lowest BCUT2D eigenvalue weighted by atomic mass is 9.86. The second-order valence-corrected chi connectivity index (χ2v) is 4.23. The zero-order valence-electron chi connectivity index (χ0n) is 8.74. The Morgan fingerprint density at radius 1 is 1.29 bits per heavy atom. The number of hydrogen-bond acceptors (Lipinski definition) is 2. The molecule has 1 aromatic rings. The molecule has 0 saturated heterocycles. The first kappa shape index (κ1) is 9.50. The Morgan fingerprint density at radius 3 is 2.86 bits per heavy atom. The first-order chi connectivity index (χ1) is 6.86. The van der Waals surface area contributed by atoms with E-state index in [2.05, 4.69) is 17.2 Å². The van der Waals surface area contributed by atoms with Crippen LogP contribution in [0.1, 0.15) is 32.6 Å². The van der Waals surface area contributed by atoms with Gasteiger partial charge in [-0.05, 0) is 30.9 Å². The molecule has 0 aromatic carbocycles. The predicted molar refractivity (Wildman–Crippen MR) is 59.3 cm³/mol. The van der Waals surface area contributed by atoms with Gasteiger partial charge in [0.2, 0.25) is 0 Å². The van der Waals surface area contributed by atoms with Gasteiger partial charge in [-0.25, -0.2) is 4.98 Å². The zero-order valence-corrected chi connectivity index (χ0v) is 8.74. The lowest BCUT2D eigenvalue weighted by molar-refractivity contribution is 0.349. The van der Waals surface area contributed by atoms with Gasteiger partial charge in [0.25, 0.3) is 0 Å². The number of hydrogen-bond donors (Lipinski definition) is 1. The lowest BCUT2D eigenvalue weighted by Crippen LogP contribution is -2.30. The molecule has 1 heterocycles. The minimum atomic E-state index is 0.624. The molecule has 0 amide bonds. The molecule has 14 heavy (non-hydrogen) atoms. The summed E-state index contributed by atoms with van der Waals surface area (Å²) in [6, 6.07) is 6.65. The number of rotatable bonds is 2. The van der Waals surface area contributed by atoms with Crippen molar-refractivity contribution in [3.63, 3.8) is 0 Å². The van der Waals surface area contributed by atoms with Crippen LogP contribution in [0.4, 0.5) is 5.82 Å². The van der Waals surface area contributed by atoms with Crippen molar-refractivity contribution in [3.8, 4) is 0 Å². The second kappa shape index (κ2) is 4.45. The summed E-state index contributed by atoms with van der Waals surface area (Å²) in [7, 11) is 0. The summed E-state index contributed by atoms with van der Waals surface area (Å²) >= 11 is 0. The van der Waals surface area contributed by atoms with E-state index in [0.29, 0.717) is 6.04 Å². The number of anilines is 1. The van der Waals surface area contributed by atoms with Gasteiger partial charge in [-0.3, -0.25) is 0 Å². The average Bonchev–Trinajstić information content (AvgIpc) is 2.23. The van der Waals surface area contributed by atoms with Crippen molar-refractivity contribution in [1.29, 1.82) is 0 Å². The van der Waals surface area contributed by atoms with E-state index in [1.54, 1.807) is 0 Å². The maximum Gasteiger partial charge on any atom is 0.126 e. The topological polar surface area (TPSA) is 24.9 Å². The Bertz CT molecular complexity index is 271. The van der Waals surface area contributed by atoms with Crippen molar-refractivity contribution in [1.82, 2.24) is 4.98 Å². The second-order valence-electron chi connectivity index (χ2n) is 4.23. The van der Waals surface area contributed by atoms with Crippen LogP contribution < -0.4 is 5.32 Å². The highest BCUT2D eigenvalue weighted by Crippen LogP contribution is 2.25. The fourth-order valence-electron chi connectivity index (χ4n) is 2.17. The van der Waals surface area contributed by atoms with Gasteiger partial charge in [-0.1, -0.05) is 25.8 Å². The molecule has 1 fully saturated rings. The van der Waals surface area contributed by atoms with Gasteiger partial charge in [-0.2, -0.15) is 0 Å². The Hall–Kier alpha value is -1.05. The van der Waals surface area contributed by atoms with E-state index in [0.717, 1.165) is 11.7 Å². The molecule has 1 N–H and O–H groups in total. The molecule has 1 aliphatic rings. The first-order valence-electron chi connectivity index (χ1n) is 5.54. The highest BCUT2D eigenvalue weighted by atomic mass is 15.0. The first-order valence-corrected chi connectivity index (χ1v) is 5.54. The van der Waals surface area contributed by atoms with Crippen LogP contribution in [0, 0.1) is 5.92 Å². The smallest absolute Gasteiger partial charge is 0.126 e. The fourth-order valence-corrected chi connectivity index (χ4v) is 2.17. The molecule has 2 heteroatoms. The van der Waals surface area contributed by atoms with Gasteiger partial charge in [0.15, 0.2) is 0 Å². The van der Waals surface area contributed by atoms with Crippen LogP contribution in [0.3, 0.4) is 0 Å². The molecule has 2 nitrogen and oxygen atoms in total. The third-order valence-corrected chi connectivity index (χ3v) is 3.11. The van der Waals surface area contributed by atoms with E-state index >= 15 is 0 Å². The Labute approximate surface area is 85.7 Å². The molecule has 1 aliphatic carbocycles. The molecule has 2 atom stereocenters. The highest BCUT2D eigenvalue weighted by Gasteiger charge is 2.20. The van der Waals surface area contributed by atoms with Crippen LogP contribution in [0.5, 0.6) is 0 Å². The quantitative estimate of drug-likeness (QED) is 0.775. The van der Waals surface area contributed by atoms with Gasteiger partial charge in [0.05, 0.1) is 0 Å². The van der Waals surface area contributed by atoms with Gasteiger partial charge in [-0.15, -0.1) is 0 Å². The van der Waals surface area contributed by atoms with E-state index in [9.17, 15) is 0 Å². The Kier molecular flexibility index (Phi) is 3.02. The van der Waals surface area contributed by atoms with Gasteiger partial charge >= 0.3 is 0 Å². The largest absolute Gasteiger partial charge is 0.367 e. The van der Waals surface area contributed by atoms with E-state index in [1.165, 1.54) is 25.7 Å². The minimum Gasteiger partial charge on any atom is -0.367 e. The number of aromatic nitrogens is 1. The normalized spacial score (nSPS) is 27.2. The molecule has 76 valence electrons. The highest BCUT2D eigenvalue weighted by molar-refractivity contribution is 5.34. The van der Waals surface area contributed by atoms with Crippen LogP contribution in [-0.4, -0.2) is 11.0 Å². The van der Waals surface area contributed by atoms with Crippen molar-refractivity contribution >= 4 is 5.82 Å². The fraction of sp³-hybridized carbons (Fsp3) is 0.583. The molecule has 2 rings (SSSR count). The third kappa shape index (κ3) is 2.25. The van der Waals surface area contributed by atoms with E-state index in [-0.39, 0.29) is 0 Å². The van der Waals surface area contributed by atoms with Gasteiger partial charge in [0.1, 0.15) is 5.82 Å². The molecule has 1 aromatic heterocycles.